The van der Waals surface area contributed by atoms with Crippen LogP contribution in [0, 0.1) is 0 Å². The minimum absolute atomic E-state index is 0.0411. The summed E-state index contributed by atoms with van der Waals surface area (Å²) in [5, 5.41) is 2.52. The maximum Gasteiger partial charge on any atom is 0.186 e. The molecule has 0 aliphatic rings. The molecule has 34 heavy (non-hydrogen) atoms. The number of nitrogen functional groups attached to an aromatic ring is 1. The van der Waals surface area contributed by atoms with Crippen molar-refractivity contribution >= 4 is 33.5 Å². The molecule has 6 N–H and O–H groups in total. The Morgan fingerprint density at radius 2 is 1.74 bits per heavy atom. The molecule has 0 radical (unpaired) electrons. The smallest absolute Gasteiger partial charge is 0.186 e. The molecule has 1 aromatic carbocycles. The molecule has 0 saturated heterocycles. The molecule has 10 nitrogen and oxygen atoms in total. The summed E-state index contributed by atoms with van der Waals surface area (Å²) in [5.74, 6) is 2.26. The van der Waals surface area contributed by atoms with Crippen LogP contribution in [0.5, 0.6) is 17.2 Å². The van der Waals surface area contributed by atoms with Gasteiger partial charge in [0.1, 0.15) is 11.6 Å². The summed E-state index contributed by atoms with van der Waals surface area (Å²) in [4.78, 5) is 17.5. The molecule has 4 aromatic rings. The van der Waals surface area contributed by atoms with Crippen LogP contribution >= 0.6 is 0 Å². The lowest BCUT2D eigenvalue weighted by Gasteiger charge is -2.13. The van der Waals surface area contributed by atoms with Gasteiger partial charge in [0.15, 0.2) is 17.5 Å². The van der Waals surface area contributed by atoms with Crippen molar-refractivity contribution in [2.45, 2.75) is 19.4 Å². The lowest BCUT2D eigenvalue weighted by molar-refractivity contribution is 0.300. The van der Waals surface area contributed by atoms with Crippen LogP contribution in [0.4, 0.5) is 5.82 Å². The van der Waals surface area contributed by atoms with Gasteiger partial charge >= 0.3 is 0 Å². The molecular weight excluding hydrogens is 434 g/mol. The fraction of sp³-hybridized carbons (Fsp3) is 0.250. The number of pyridine rings is 3. The van der Waals surface area contributed by atoms with Gasteiger partial charge in [-0.1, -0.05) is 0 Å². The van der Waals surface area contributed by atoms with Gasteiger partial charge in [-0.15, -0.1) is 0 Å². The first-order valence-electron chi connectivity index (χ1n) is 10.7. The lowest BCUT2D eigenvalue weighted by Crippen LogP contribution is -2.25. The highest BCUT2D eigenvalue weighted by Gasteiger charge is 2.14. The van der Waals surface area contributed by atoms with E-state index >= 15 is 0 Å². The van der Waals surface area contributed by atoms with E-state index in [1.165, 1.54) is 0 Å². The predicted molar refractivity (Wildman–Crippen MR) is 133 cm³/mol. The van der Waals surface area contributed by atoms with Gasteiger partial charge in [0.25, 0.3) is 0 Å². The molecule has 0 fully saturated rings. The van der Waals surface area contributed by atoms with E-state index in [9.17, 15) is 0 Å². The fourth-order valence-electron chi connectivity index (χ4n) is 3.71. The van der Waals surface area contributed by atoms with E-state index in [0.29, 0.717) is 41.8 Å². The van der Waals surface area contributed by atoms with Crippen LogP contribution in [0.15, 0.2) is 47.8 Å². The largest absolute Gasteiger partial charge is 0.493 e. The van der Waals surface area contributed by atoms with Crippen LogP contribution < -0.4 is 31.4 Å². The average Bonchev–Trinajstić information content (AvgIpc) is 2.82. The number of nitrogens with two attached hydrogens (primary N) is 3. The minimum Gasteiger partial charge on any atom is -0.493 e. The molecular formula is C24H27N7O3. The summed E-state index contributed by atoms with van der Waals surface area (Å²) >= 11 is 0. The zero-order valence-corrected chi connectivity index (χ0v) is 19.3. The normalized spacial score (nSPS) is 11.9. The zero-order valence-electron chi connectivity index (χ0n) is 19.3. The summed E-state index contributed by atoms with van der Waals surface area (Å²) < 4.78 is 16.7. The van der Waals surface area contributed by atoms with Gasteiger partial charge < -0.3 is 31.4 Å². The standard InChI is InChI=1S/C24H27N7O3/c1-13(30-24(26)27)4-5-34-15-6-14(10-28-11-15)19-7-16-17-8-21(32-2)22(33-3)9-20(17)29-12-18(16)23(25)31-19/h6-13H,4-5H2,1-3H3,(H2,25,31)(H4,26,27,30). The molecule has 1 unspecified atom stereocenters. The molecule has 3 heterocycles. The molecule has 0 aliphatic heterocycles. The highest BCUT2D eigenvalue weighted by atomic mass is 16.5. The van der Waals surface area contributed by atoms with Crippen molar-refractivity contribution in [3.63, 3.8) is 0 Å². The number of hydrogen-bond donors (Lipinski definition) is 3. The van der Waals surface area contributed by atoms with Gasteiger partial charge in [-0.25, -0.2) is 4.98 Å². The third-order valence-corrected chi connectivity index (χ3v) is 5.40. The van der Waals surface area contributed by atoms with E-state index in [-0.39, 0.29) is 12.0 Å². The quantitative estimate of drug-likeness (QED) is 0.204. The first-order chi connectivity index (χ1) is 16.4. The maximum absolute atomic E-state index is 6.31. The first kappa shape index (κ1) is 22.8. The highest BCUT2D eigenvalue weighted by Crippen LogP contribution is 2.37. The Morgan fingerprint density at radius 3 is 2.47 bits per heavy atom. The van der Waals surface area contributed by atoms with Gasteiger partial charge in [-0.2, -0.15) is 0 Å². The van der Waals surface area contributed by atoms with E-state index in [0.717, 1.165) is 27.2 Å². The van der Waals surface area contributed by atoms with Crippen LogP contribution in [0.3, 0.4) is 0 Å². The number of anilines is 1. The van der Waals surface area contributed by atoms with Crippen LogP contribution in [0.1, 0.15) is 13.3 Å². The summed E-state index contributed by atoms with van der Waals surface area (Å²) in [6, 6.07) is 7.52. The molecule has 0 amide bonds. The van der Waals surface area contributed by atoms with E-state index in [1.807, 2.05) is 31.2 Å². The van der Waals surface area contributed by atoms with E-state index < -0.39 is 0 Å². The number of benzene rings is 1. The number of rotatable bonds is 8. The Kier molecular flexibility index (Phi) is 6.48. The topological polar surface area (TPSA) is 157 Å². The Balaban J connectivity index is 1.70. The third kappa shape index (κ3) is 4.70. The summed E-state index contributed by atoms with van der Waals surface area (Å²) in [5.41, 5.74) is 19.3. The number of nitrogens with zero attached hydrogens (tertiary/aromatic N) is 4. The SMILES string of the molecule is COc1cc2ncc3c(N)nc(-c4cncc(OCCC(C)N=C(N)N)c4)cc3c2cc1OC. The number of aromatic nitrogens is 3. The van der Waals surface area contributed by atoms with Crippen LogP contribution in [-0.2, 0) is 0 Å². The first-order valence-corrected chi connectivity index (χ1v) is 10.7. The number of aliphatic imine (C=N–C) groups is 1. The molecule has 0 aliphatic carbocycles. The van der Waals surface area contributed by atoms with Crippen LogP contribution in [-0.4, -0.2) is 47.8 Å². The molecule has 1 atom stereocenters. The van der Waals surface area contributed by atoms with Crippen molar-refractivity contribution in [1.29, 1.82) is 0 Å². The average molecular weight is 462 g/mol. The highest BCUT2D eigenvalue weighted by molar-refractivity contribution is 6.10. The molecule has 10 heteroatoms. The molecule has 176 valence electrons. The summed E-state index contributed by atoms with van der Waals surface area (Å²) in [6.07, 6.45) is 5.74. The van der Waals surface area contributed by atoms with Gasteiger partial charge in [-0.3, -0.25) is 15.0 Å². The number of methoxy groups -OCH3 is 2. The minimum atomic E-state index is -0.0411. The molecule has 3 aromatic heterocycles. The van der Waals surface area contributed by atoms with Crippen LogP contribution in [0.25, 0.3) is 32.9 Å². The number of hydrogen-bond acceptors (Lipinski definition) is 8. The Morgan fingerprint density at radius 1 is 0.971 bits per heavy atom. The fourth-order valence-corrected chi connectivity index (χ4v) is 3.71. The molecule has 0 saturated carbocycles. The van der Waals surface area contributed by atoms with Crippen molar-refractivity contribution in [2.24, 2.45) is 16.5 Å². The van der Waals surface area contributed by atoms with Gasteiger partial charge in [0.2, 0.25) is 0 Å². The second-order valence-electron chi connectivity index (χ2n) is 7.79. The van der Waals surface area contributed by atoms with Crippen molar-refractivity contribution in [2.75, 3.05) is 26.6 Å². The Hall–Kier alpha value is -4.34. The second kappa shape index (κ2) is 9.65. The maximum atomic E-state index is 6.31. The van der Waals surface area contributed by atoms with E-state index in [2.05, 4.69) is 19.9 Å². The van der Waals surface area contributed by atoms with Crippen molar-refractivity contribution < 1.29 is 14.2 Å². The number of fused-ring (bicyclic) bond motifs is 3. The van der Waals surface area contributed by atoms with Crippen molar-refractivity contribution in [1.82, 2.24) is 15.0 Å². The number of guanidine groups is 1. The second-order valence-corrected chi connectivity index (χ2v) is 7.79. The van der Waals surface area contributed by atoms with Gasteiger partial charge in [0.05, 0.1) is 44.3 Å². The Labute approximate surface area is 196 Å². The van der Waals surface area contributed by atoms with Crippen LogP contribution in [0.2, 0.25) is 0 Å². The predicted octanol–water partition coefficient (Wildman–Crippen LogP) is 2.88. The monoisotopic (exact) mass is 461 g/mol. The van der Waals surface area contributed by atoms with Crippen molar-refractivity contribution in [3.8, 4) is 28.5 Å². The van der Waals surface area contributed by atoms with Gasteiger partial charge in [-0.05, 0) is 30.5 Å². The third-order valence-electron chi connectivity index (χ3n) is 5.40. The molecule has 0 bridgehead atoms. The van der Waals surface area contributed by atoms with E-state index in [4.69, 9.17) is 31.4 Å². The number of ether oxygens (including phenoxy) is 3. The van der Waals surface area contributed by atoms with Crippen molar-refractivity contribution in [3.05, 3.63) is 42.9 Å². The molecule has 0 spiro atoms. The lowest BCUT2D eigenvalue weighted by atomic mass is 10.0. The van der Waals surface area contributed by atoms with E-state index in [1.54, 1.807) is 32.8 Å². The Bertz CT molecular complexity index is 1370. The summed E-state index contributed by atoms with van der Waals surface area (Å²) in [7, 11) is 3.19. The molecule has 4 rings (SSSR count). The zero-order chi connectivity index (χ0) is 24.2. The van der Waals surface area contributed by atoms with Gasteiger partial charge in [0, 0.05) is 41.2 Å². The summed E-state index contributed by atoms with van der Waals surface area (Å²) in [6.45, 7) is 2.36.